The molecule has 0 spiro atoms. The molecule has 35 heavy (non-hydrogen) atoms. The molecule has 0 unspecified atom stereocenters. The summed E-state index contributed by atoms with van der Waals surface area (Å²) < 4.78 is 14.1. The second kappa shape index (κ2) is 10.1. The Bertz CT molecular complexity index is 1230. The summed E-state index contributed by atoms with van der Waals surface area (Å²) in [5, 5.41) is 9.62. The SMILES string of the molecule is CC(=O)c1cnc2ccc(-c3cc(F)c(O)c(Cl)c3)nc2c1N1CCC(CCN2CCCC2)CC1. The first-order valence-electron chi connectivity index (χ1n) is 12.4. The largest absolute Gasteiger partial charge is 0.504 e. The minimum Gasteiger partial charge on any atom is -0.504 e. The number of carbonyl (C=O) groups excluding carboxylic acids is 1. The molecule has 2 aromatic heterocycles. The van der Waals surface area contributed by atoms with Crippen molar-refractivity contribution in [2.45, 2.75) is 39.0 Å². The van der Waals surface area contributed by atoms with E-state index >= 15 is 0 Å². The molecule has 5 rings (SSSR count). The molecule has 8 heteroatoms. The van der Waals surface area contributed by atoms with Crippen LogP contribution < -0.4 is 4.90 Å². The van der Waals surface area contributed by atoms with Crippen LogP contribution in [0.5, 0.6) is 5.75 Å². The van der Waals surface area contributed by atoms with E-state index in [1.807, 2.05) is 6.07 Å². The Morgan fingerprint density at radius 2 is 1.91 bits per heavy atom. The van der Waals surface area contributed by atoms with Gasteiger partial charge in [-0.1, -0.05) is 11.6 Å². The Balaban J connectivity index is 1.45. The lowest BCUT2D eigenvalue weighted by atomic mass is 9.92. The maximum Gasteiger partial charge on any atom is 0.170 e. The van der Waals surface area contributed by atoms with Crippen LogP contribution in [0.2, 0.25) is 5.02 Å². The number of rotatable bonds is 6. The van der Waals surface area contributed by atoms with Gasteiger partial charge in [0.1, 0.15) is 5.52 Å². The van der Waals surface area contributed by atoms with Gasteiger partial charge < -0.3 is 14.9 Å². The molecule has 0 radical (unpaired) electrons. The van der Waals surface area contributed by atoms with Gasteiger partial charge >= 0.3 is 0 Å². The van der Waals surface area contributed by atoms with Crippen LogP contribution in [-0.2, 0) is 0 Å². The molecule has 2 saturated heterocycles. The fourth-order valence-corrected chi connectivity index (χ4v) is 5.53. The Kier molecular flexibility index (Phi) is 6.89. The van der Waals surface area contributed by atoms with Gasteiger partial charge in [-0.3, -0.25) is 9.78 Å². The van der Waals surface area contributed by atoms with Crippen molar-refractivity contribution in [1.82, 2.24) is 14.9 Å². The number of aromatic nitrogens is 2. The number of carbonyl (C=O) groups is 1. The molecule has 2 aliphatic rings. The number of phenolic OH excluding ortho intramolecular Hbond substituents is 1. The van der Waals surface area contributed by atoms with Gasteiger partial charge in [0, 0.05) is 24.8 Å². The zero-order valence-electron chi connectivity index (χ0n) is 19.9. The number of halogens is 2. The first kappa shape index (κ1) is 23.9. The fourth-order valence-electron chi connectivity index (χ4n) is 5.32. The lowest BCUT2D eigenvalue weighted by molar-refractivity contribution is 0.101. The summed E-state index contributed by atoms with van der Waals surface area (Å²) >= 11 is 6.00. The third-order valence-corrected chi connectivity index (χ3v) is 7.65. The number of benzene rings is 1. The molecular formula is C27H30ClFN4O2. The Morgan fingerprint density at radius 3 is 2.60 bits per heavy atom. The van der Waals surface area contributed by atoms with Crippen LogP contribution in [-0.4, -0.2) is 58.5 Å². The number of piperidine rings is 1. The maximum atomic E-state index is 14.1. The molecule has 4 heterocycles. The fraction of sp³-hybridized carbons (Fsp3) is 0.444. The smallest absolute Gasteiger partial charge is 0.170 e. The van der Waals surface area contributed by atoms with E-state index in [0.717, 1.165) is 31.6 Å². The Hall–Kier alpha value is -2.77. The second-order valence-corrected chi connectivity index (χ2v) is 10.1. The zero-order chi connectivity index (χ0) is 24.5. The summed E-state index contributed by atoms with van der Waals surface area (Å²) in [6.07, 6.45) is 7.65. The number of likely N-dealkylation sites (tertiary alicyclic amines) is 1. The van der Waals surface area contributed by atoms with Crippen LogP contribution in [0.25, 0.3) is 22.3 Å². The summed E-state index contributed by atoms with van der Waals surface area (Å²) in [6.45, 7) is 6.90. The first-order chi connectivity index (χ1) is 16.9. The summed E-state index contributed by atoms with van der Waals surface area (Å²) in [4.78, 5) is 26.7. The van der Waals surface area contributed by atoms with E-state index in [-0.39, 0.29) is 10.8 Å². The number of ketones is 1. The van der Waals surface area contributed by atoms with Crippen molar-refractivity contribution >= 4 is 34.1 Å². The summed E-state index contributed by atoms with van der Waals surface area (Å²) in [6, 6.07) is 6.27. The van der Waals surface area contributed by atoms with Crippen LogP contribution in [0, 0.1) is 11.7 Å². The molecule has 2 aliphatic heterocycles. The number of pyridine rings is 2. The van der Waals surface area contributed by atoms with Gasteiger partial charge in [0.25, 0.3) is 0 Å². The van der Waals surface area contributed by atoms with E-state index in [1.165, 1.54) is 51.0 Å². The van der Waals surface area contributed by atoms with Gasteiger partial charge in [-0.25, -0.2) is 9.37 Å². The average Bonchev–Trinajstić information content (AvgIpc) is 3.39. The van der Waals surface area contributed by atoms with Gasteiger partial charge in [0.15, 0.2) is 17.3 Å². The number of fused-ring (bicyclic) bond motifs is 1. The summed E-state index contributed by atoms with van der Waals surface area (Å²) in [5.74, 6) is -0.755. The van der Waals surface area contributed by atoms with Crippen molar-refractivity contribution in [3.8, 4) is 17.0 Å². The van der Waals surface area contributed by atoms with Crippen LogP contribution in [0.15, 0.2) is 30.5 Å². The van der Waals surface area contributed by atoms with Crippen molar-refractivity contribution in [1.29, 1.82) is 0 Å². The summed E-state index contributed by atoms with van der Waals surface area (Å²) in [5.41, 5.74) is 3.60. The highest BCUT2D eigenvalue weighted by molar-refractivity contribution is 6.32. The molecule has 1 aromatic carbocycles. The highest BCUT2D eigenvalue weighted by Crippen LogP contribution is 2.36. The lowest BCUT2D eigenvalue weighted by Crippen LogP contribution is -2.36. The van der Waals surface area contributed by atoms with Gasteiger partial charge in [0.05, 0.1) is 27.5 Å². The van der Waals surface area contributed by atoms with E-state index in [9.17, 15) is 14.3 Å². The number of phenols is 1. The van der Waals surface area contributed by atoms with E-state index in [2.05, 4.69) is 14.8 Å². The lowest BCUT2D eigenvalue weighted by Gasteiger charge is -2.35. The minimum atomic E-state index is -0.804. The van der Waals surface area contributed by atoms with Gasteiger partial charge in [-0.15, -0.1) is 0 Å². The van der Waals surface area contributed by atoms with Crippen LogP contribution in [0.4, 0.5) is 10.1 Å². The van der Waals surface area contributed by atoms with Gasteiger partial charge in [-0.05, 0) is 88.8 Å². The minimum absolute atomic E-state index is 0.0588. The predicted octanol–water partition coefficient (Wildman–Crippen LogP) is 5.70. The van der Waals surface area contributed by atoms with E-state index < -0.39 is 11.6 Å². The van der Waals surface area contributed by atoms with Crippen molar-refractivity contribution in [2.75, 3.05) is 37.6 Å². The Labute approximate surface area is 209 Å². The molecule has 0 aliphatic carbocycles. The van der Waals surface area contributed by atoms with E-state index in [4.69, 9.17) is 16.6 Å². The number of hydrogen-bond donors (Lipinski definition) is 1. The first-order valence-corrected chi connectivity index (χ1v) is 12.7. The number of Topliss-reactive ketones (excluding diaryl/α,β-unsaturated/α-hetero) is 1. The monoisotopic (exact) mass is 496 g/mol. The van der Waals surface area contributed by atoms with E-state index in [0.29, 0.717) is 33.8 Å². The van der Waals surface area contributed by atoms with Crippen LogP contribution in [0.1, 0.15) is 49.4 Å². The molecule has 6 nitrogen and oxygen atoms in total. The standard InChI is InChI=1S/C27H30ClFN4O2/c1-17(34)20-16-30-24-5-4-23(19-14-21(28)27(35)22(29)15-19)31-25(24)26(20)33-12-7-18(8-13-33)6-11-32-9-2-3-10-32/h4-5,14-16,18,35H,2-3,6-13H2,1H3. The molecule has 0 saturated carbocycles. The molecule has 184 valence electrons. The highest BCUT2D eigenvalue weighted by Gasteiger charge is 2.26. The highest BCUT2D eigenvalue weighted by atomic mass is 35.5. The van der Waals surface area contributed by atoms with Crippen molar-refractivity contribution in [3.05, 3.63) is 46.9 Å². The molecule has 1 N–H and O–H groups in total. The quantitative estimate of drug-likeness (QED) is 0.441. The number of anilines is 1. The molecular weight excluding hydrogens is 467 g/mol. The third kappa shape index (κ3) is 4.98. The van der Waals surface area contributed by atoms with Crippen molar-refractivity contribution < 1.29 is 14.3 Å². The predicted molar refractivity (Wildman–Crippen MR) is 137 cm³/mol. The molecule has 0 bridgehead atoms. The van der Waals surface area contributed by atoms with Crippen LogP contribution in [0.3, 0.4) is 0 Å². The molecule has 0 atom stereocenters. The second-order valence-electron chi connectivity index (χ2n) is 9.70. The Morgan fingerprint density at radius 1 is 1.17 bits per heavy atom. The van der Waals surface area contributed by atoms with Crippen molar-refractivity contribution in [3.63, 3.8) is 0 Å². The third-order valence-electron chi connectivity index (χ3n) is 7.36. The average molecular weight is 497 g/mol. The van der Waals surface area contributed by atoms with Gasteiger partial charge in [0.2, 0.25) is 0 Å². The normalized spacial score (nSPS) is 17.4. The zero-order valence-corrected chi connectivity index (χ0v) is 20.7. The number of nitrogens with zero attached hydrogens (tertiary/aromatic N) is 4. The van der Waals surface area contributed by atoms with Crippen molar-refractivity contribution in [2.24, 2.45) is 5.92 Å². The molecule has 3 aromatic rings. The van der Waals surface area contributed by atoms with E-state index in [1.54, 1.807) is 19.2 Å². The molecule has 0 amide bonds. The van der Waals surface area contributed by atoms with Gasteiger partial charge in [-0.2, -0.15) is 0 Å². The molecule has 2 fully saturated rings. The summed E-state index contributed by atoms with van der Waals surface area (Å²) in [7, 11) is 0. The maximum absolute atomic E-state index is 14.1. The number of hydrogen-bond acceptors (Lipinski definition) is 6. The topological polar surface area (TPSA) is 69.6 Å². The number of aromatic hydroxyl groups is 1. The van der Waals surface area contributed by atoms with Crippen LogP contribution >= 0.6 is 11.6 Å².